The molecule has 2 atom stereocenters. The Kier molecular flexibility index (Phi) is 15.4. The van der Waals surface area contributed by atoms with Gasteiger partial charge >= 0.3 is 5.97 Å². The number of hydrogen-bond donors (Lipinski definition) is 2. The van der Waals surface area contributed by atoms with Crippen molar-refractivity contribution in [3.05, 3.63) is 12.2 Å². The highest BCUT2D eigenvalue weighted by molar-refractivity contribution is 5.69. The fourth-order valence-electron chi connectivity index (χ4n) is 3.29. The maximum absolute atomic E-state index is 11.9. The van der Waals surface area contributed by atoms with Crippen LogP contribution in [-0.2, 0) is 14.3 Å². The zero-order valence-corrected chi connectivity index (χ0v) is 16.9. The van der Waals surface area contributed by atoms with Crippen LogP contribution in [0, 0.1) is 0 Å². The predicted molar refractivity (Wildman–Crippen MR) is 108 cm³/mol. The van der Waals surface area contributed by atoms with E-state index in [0.717, 1.165) is 77.4 Å². The van der Waals surface area contributed by atoms with Crippen LogP contribution in [0.1, 0.15) is 89.9 Å². The normalized spacial score (nSPS) is 28.1. The number of aliphatic hydroxyl groups is 2. The summed E-state index contributed by atoms with van der Waals surface area (Å²) in [5.41, 5.74) is 0. The highest BCUT2D eigenvalue weighted by Crippen LogP contribution is 2.14. The molecule has 2 N–H and O–H groups in total. The van der Waals surface area contributed by atoms with Gasteiger partial charge in [-0.2, -0.15) is 0 Å². The summed E-state index contributed by atoms with van der Waals surface area (Å²) in [7, 11) is 0. The van der Waals surface area contributed by atoms with Gasteiger partial charge in [-0.15, -0.1) is 0 Å². The Balaban J connectivity index is 2.34. The van der Waals surface area contributed by atoms with E-state index in [1.165, 1.54) is 12.8 Å². The Labute approximate surface area is 165 Å². The van der Waals surface area contributed by atoms with E-state index in [4.69, 9.17) is 9.47 Å². The molecule has 5 nitrogen and oxygen atoms in total. The van der Waals surface area contributed by atoms with Crippen LogP contribution in [0.4, 0.5) is 0 Å². The van der Waals surface area contributed by atoms with E-state index in [1.807, 2.05) is 0 Å². The summed E-state index contributed by atoms with van der Waals surface area (Å²) in [6, 6.07) is 0. The Morgan fingerprint density at radius 1 is 0.852 bits per heavy atom. The summed E-state index contributed by atoms with van der Waals surface area (Å²) in [5, 5.41) is 19.6. The van der Waals surface area contributed by atoms with Gasteiger partial charge in [0.1, 0.15) is 0 Å². The van der Waals surface area contributed by atoms with Crippen molar-refractivity contribution < 1.29 is 24.5 Å². The van der Waals surface area contributed by atoms with Crippen LogP contribution >= 0.6 is 0 Å². The minimum Gasteiger partial charge on any atom is -0.457 e. The minimum atomic E-state index is -0.790. The van der Waals surface area contributed by atoms with Crippen molar-refractivity contribution in [1.29, 1.82) is 0 Å². The van der Waals surface area contributed by atoms with E-state index >= 15 is 0 Å². The molecule has 1 aliphatic heterocycles. The standard InChI is InChI=1S/C22H40O5/c23-19-21-20(24)15-11-7-4-6-10-14-18-26-17-13-9-5-2-1-3-8-12-16-22(25)27-21/h5,9,20-21,23-24H,1-4,6-8,10-19H2/b9-5-. The van der Waals surface area contributed by atoms with Gasteiger partial charge in [-0.3, -0.25) is 4.79 Å². The molecule has 0 bridgehead atoms. The molecular weight excluding hydrogens is 344 g/mol. The molecule has 5 heteroatoms. The molecule has 158 valence electrons. The molecule has 27 heavy (non-hydrogen) atoms. The van der Waals surface area contributed by atoms with Crippen molar-refractivity contribution in [2.24, 2.45) is 0 Å². The van der Waals surface area contributed by atoms with Gasteiger partial charge in [-0.1, -0.05) is 57.1 Å². The first kappa shape index (κ1) is 24.1. The summed E-state index contributed by atoms with van der Waals surface area (Å²) in [6.07, 6.45) is 16.4. The monoisotopic (exact) mass is 384 g/mol. The van der Waals surface area contributed by atoms with E-state index in [0.29, 0.717) is 12.8 Å². The molecule has 0 spiro atoms. The van der Waals surface area contributed by atoms with Crippen molar-refractivity contribution >= 4 is 5.97 Å². The third kappa shape index (κ3) is 13.8. The van der Waals surface area contributed by atoms with Crippen molar-refractivity contribution in [2.45, 2.75) is 102 Å². The molecule has 0 aromatic carbocycles. The van der Waals surface area contributed by atoms with Crippen LogP contribution in [0.15, 0.2) is 12.2 Å². The number of carbonyl (C=O) groups excluding carboxylic acids is 1. The molecule has 1 rings (SSSR count). The van der Waals surface area contributed by atoms with Gasteiger partial charge in [0, 0.05) is 13.0 Å². The fourth-order valence-corrected chi connectivity index (χ4v) is 3.29. The molecule has 0 saturated carbocycles. The number of esters is 1. The molecule has 0 radical (unpaired) electrons. The van der Waals surface area contributed by atoms with Crippen LogP contribution in [0.25, 0.3) is 0 Å². The van der Waals surface area contributed by atoms with Crippen molar-refractivity contribution in [2.75, 3.05) is 19.8 Å². The van der Waals surface area contributed by atoms with Gasteiger partial charge in [-0.25, -0.2) is 0 Å². The third-order valence-electron chi connectivity index (χ3n) is 5.03. The topological polar surface area (TPSA) is 76.0 Å². The van der Waals surface area contributed by atoms with Crippen LogP contribution in [0.2, 0.25) is 0 Å². The largest absolute Gasteiger partial charge is 0.457 e. The summed E-state index contributed by atoms with van der Waals surface area (Å²) in [6.45, 7) is 1.33. The maximum Gasteiger partial charge on any atom is 0.306 e. The van der Waals surface area contributed by atoms with E-state index in [-0.39, 0.29) is 12.6 Å². The van der Waals surface area contributed by atoms with Gasteiger partial charge < -0.3 is 19.7 Å². The fraction of sp³-hybridized carbons (Fsp3) is 0.864. The van der Waals surface area contributed by atoms with Gasteiger partial charge in [0.15, 0.2) is 6.10 Å². The minimum absolute atomic E-state index is 0.314. The lowest BCUT2D eigenvalue weighted by Crippen LogP contribution is -2.34. The molecule has 0 amide bonds. The van der Waals surface area contributed by atoms with Gasteiger partial charge in [0.25, 0.3) is 0 Å². The van der Waals surface area contributed by atoms with Crippen LogP contribution in [-0.4, -0.2) is 48.2 Å². The Bertz CT molecular complexity index is 383. The number of allylic oxidation sites excluding steroid dienone is 1. The Hall–Kier alpha value is -0.910. The number of hydrogen-bond acceptors (Lipinski definition) is 5. The molecule has 0 aromatic heterocycles. The molecule has 0 aliphatic carbocycles. The lowest BCUT2D eigenvalue weighted by molar-refractivity contribution is -0.158. The summed E-state index contributed by atoms with van der Waals surface area (Å²) < 4.78 is 10.9. The molecule has 1 heterocycles. The van der Waals surface area contributed by atoms with Crippen molar-refractivity contribution in [3.63, 3.8) is 0 Å². The molecule has 0 fully saturated rings. The number of carbonyl (C=O) groups is 1. The quantitative estimate of drug-likeness (QED) is 0.521. The second-order valence-corrected chi connectivity index (χ2v) is 7.51. The zero-order chi connectivity index (χ0) is 19.6. The van der Waals surface area contributed by atoms with E-state index < -0.39 is 12.2 Å². The molecule has 0 saturated heterocycles. The van der Waals surface area contributed by atoms with Gasteiger partial charge in [0.2, 0.25) is 0 Å². The molecule has 0 aromatic rings. The summed E-state index contributed by atoms with van der Waals surface area (Å²) in [5.74, 6) is -0.314. The number of cyclic esters (lactones) is 1. The second kappa shape index (κ2) is 17.2. The summed E-state index contributed by atoms with van der Waals surface area (Å²) >= 11 is 0. The Morgan fingerprint density at radius 3 is 2.33 bits per heavy atom. The van der Waals surface area contributed by atoms with Crippen molar-refractivity contribution in [3.8, 4) is 0 Å². The number of ether oxygens (including phenoxy) is 2. The summed E-state index contributed by atoms with van der Waals surface area (Å²) in [4.78, 5) is 11.9. The maximum atomic E-state index is 11.9. The lowest BCUT2D eigenvalue weighted by Gasteiger charge is -2.21. The van der Waals surface area contributed by atoms with E-state index in [9.17, 15) is 15.0 Å². The predicted octanol–water partition coefficient (Wildman–Crippen LogP) is 4.30. The molecule has 2 unspecified atom stereocenters. The second-order valence-electron chi connectivity index (χ2n) is 7.51. The molecule has 1 aliphatic rings. The average molecular weight is 385 g/mol. The Morgan fingerprint density at radius 2 is 1.52 bits per heavy atom. The van der Waals surface area contributed by atoms with Crippen LogP contribution in [0.3, 0.4) is 0 Å². The highest BCUT2D eigenvalue weighted by Gasteiger charge is 2.22. The third-order valence-corrected chi connectivity index (χ3v) is 5.03. The van der Waals surface area contributed by atoms with Gasteiger partial charge in [0.05, 0.1) is 19.3 Å². The first-order valence-electron chi connectivity index (χ1n) is 10.9. The smallest absolute Gasteiger partial charge is 0.306 e. The van der Waals surface area contributed by atoms with Crippen LogP contribution in [0.5, 0.6) is 0 Å². The van der Waals surface area contributed by atoms with Gasteiger partial charge in [-0.05, 0) is 38.5 Å². The molecular formula is C22H40O5. The van der Waals surface area contributed by atoms with E-state index in [1.54, 1.807) is 0 Å². The van der Waals surface area contributed by atoms with Crippen LogP contribution < -0.4 is 0 Å². The average Bonchev–Trinajstić information content (AvgIpc) is 2.67. The SMILES string of the molecule is O=C1CCCCCC/C=C\CCOCCCCCCCCC(O)C(CO)O1. The highest BCUT2D eigenvalue weighted by atomic mass is 16.6. The first-order chi connectivity index (χ1) is 13.2. The zero-order valence-electron chi connectivity index (χ0n) is 16.9. The number of rotatable bonds is 1. The number of aliphatic hydroxyl groups excluding tert-OH is 2. The lowest BCUT2D eigenvalue weighted by atomic mass is 10.0. The van der Waals surface area contributed by atoms with E-state index in [2.05, 4.69) is 12.2 Å². The van der Waals surface area contributed by atoms with Crippen molar-refractivity contribution in [1.82, 2.24) is 0 Å². The first-order valence-corrected chi connectivity index (χ1v) is 10.9.